The number of ether oxygens (including phenoxy) is 1. The van der Waals surface area contributed by atoms with Crippen LogP contribution in [0.25, 0.3) is 11.2 Å². The van der Waals surface area contributed by atoms with E-state index in [2.05, 4.69) is 39.0 Å². The molecule has 0 saturated carbocycles. The molecule has 4 atom stereocenters. The number of nitrogens with one attached hydrogen (secondary N) is 1. The molecule has 1 aliphatic heterocycles. The lowest BCUT2D eigenvalue weighted by Crippen LogP contribution is -2.33. The lowest BCUT2D eigenvalue weighted by atomic mass is 10.1. The van der Waals surface area contributed by atoms with Crippen LogP contribution in [-0.4, -0.2) is 66.8 Å². The van der Waals surface area contributed by atoms with Gasteiger partial charge in [0.15, 0.2) is 23.2 Å². The first-order valence-corrected chi connectivity index (χ1v) is 8.64. The van der Waals surface area contributed by atoms with E-state index in [0.29, 0.717) is 22.8 Å². The molecule has 0 radical (unpaired) electrons. The summed E-state index contributed by atoms with van der Waals surface area (Å²) in [5, 5.41) is 32.5. The molecule has 1 aliphatic rings. The number of rotatable bonds is 5. The molecular formula is C17H23N5O4. The van der Waals surface area contributed by atoms with Crippen LogP contribution in [0, 0.1) is 11.8 Å². The van der Waals surface area contributed by atoms with Gasteiger partial charge in [-0.1, -0.05) is 19.3 Å². The lowest BCUT2D eigenvalue weighted by molar-refractivity contribution is -0.0511. The van der Waals surface area contributed by atoms with Crippen molar-refractivity contribution in [2.24, 2.45) is 0 Å². The van der Waals surface area contributed by atoms with Crippen LogP contribution in [0.3, 0.4) is 0 Å². The van der Waals surface area contributed by atoms with Gasteiger partial charge in [0.25, 0.3) is 0 Å². The van der Waals surface area contributed by atoms with E-state index in [0.717, 1.165) is 19.3 Å². The van der Waals surface area contributed by atoms with Gasteiger partial charge in [-0.3, -0.25) is 4.57 Å². The van der Waals surface area contributed by atoms with Crippen molar-refractivity contribution < 1.29 is 20.1 Å². The molecule has 2 aromatic rings. The van der Waals surface area contributed by atoms with Crippen LogP contribution in [0.4, 0.5) is 5.82 Å². The Balaban J connectivity index is 2.00. The van der Waals surface area contributed by atoms with Crippen LogP contribution in [0.2, 0.25) is 0 Å². The summed E-state index contributed by atoms with van der Waals surface area (Å²) in [4.78, 5) is 13.1. The van der Waals surface area contributed by atoms with E-state index in [-0.39, 0.29) is 0 Å². The van der Waals surface area contributed by atoms with Crippen LogP contribution in [0.5, 0.6) is 0 Å². The van der Waals surface area contributed by atoms with E-state index in [9.17, 15) is 15.3 Å². The predicted molar refractivity (Wildman–Crippen MR) is 94.3 cm³/mol. The highest BCUT2D eigenvalue weighted by Crippen LogP contribution is 2.32. The van der Waals surface area contributed by atoms with Crippen LogP contribution >= 0.6 is 0 Å². The summed E-state index contributed by atoms with van der Waals surface area (Å²) in [7, 11) is 1.72. The maximum Gasteiger partial charge on any atom is 0.208 e. The minimum Gasteiger partial charge on any atom is -0.394 e. The minimum atomic E-state index is -1.21. The Morgan fingerprint density at radius 1 is 1.31 bits per heavy atom. The molecule has 2 aromatic heterocycles. The Hall–Kier alpha value is -2.25. The Morgan fingerprint density at radius 2 is 2.12 bits per heavy atom. The predicted octanol–water partition coefficient (Wildman–Crippen LogP) is 0.0212. The maximum absolute atomic E-state index is 10.3. The molecule has 1 fully saturated rings. The zero-order valence-electron chi connectivity index (χ0n) is 14.8. The summed E-state index contributed by atoms with van der Waals surface area (Å²) in [6, 6.07) is 0. The Morgan fingerprint density at radius 3 is 2.77 bits per heavy atom. The smallest absolute Gasteiger partial charge is 0.208 e. The molecule has 4 N–H and O–H groups in total. The van der Waals surface area contributed by atoms with Crippen molar-refractivity contribution in [3.05, 3.63) is 12.2 Å². The fourth-order valence-corrected chi connectivity index (χ4v) is 2.85. The SMILES string of the molecule is CCCCC#Cc1nc(NC)c2ncn([C@H]3O[C@H](CO)[C@@H](O)[C@H]3O)c2n1. The van der Waals surface area contributed by atoms with E-state index in [1.54, 1.807) is 7.05 Å². The number of hydrogen-bond donors (Lipinski definition) is 4. The fourth-order valence-electron chi connectivity index (χ4n) is 2.85. The summed E-state index contributed by atoms with van der Waals surface area (Å²) in [5.74, 6) is 6.85. The number of fused-ring (bicyclic) bond motifs is 1. The average Bonchev–Trinajstić information content (AvgIpc) is 3.19. The van der Waals surface area contributed by atoms with E-state index in [1.807, 2.05) is 0 Å². The van der Waals surface area contributed by atoms with Gasteiger partial charge < -0.3 is 25.4 Å². The highest BCUT2D eigenvalue weighted by atomic mass is 16.6. The fraction of sp³-hybridized carbons (Fsp3) is 0.588. The topological polar surface area (TPSA) is 126 Å². The van der Waals surface area contributed by atoms with Crippen molar-refractivity contribution in [3.63, 3.8) is 0 Å². The number of anilines is 1. The van der Waals surface area contributed by atoms with Gasteiger partial charge in [0, 0.05) is 13.5 Å². The monoisotopic (exact) mass is 361 g/mol. The van der Waals surface area contributed by atoms with Crippen molar-refractivity contribution in [2.75, 3.05) is 19.0 Å². The van der Waals surface area contributed by atoms with E-state index in [1.165, 1.54) is 10.9 Å². The van der Waals surface area contributed by atoms with Crippen molar-refractivity contribution in [1.82, 2.24) is 19.5 Å². The molecule has 9 heteroatoms. The second kappa shape index (κ2) is 7.97. The first-order chi connectivity index (χ1) is 12.6. The normalized spacial score (nSPS) is 25.3. The third kappa shape index (κ3) is 3.37. The molecule has 0 bridgehead atoms. The third-order valence-corrected chi connectivity index (χ3v) is 4.31. The van der Waals surface area contributed by atoms with Crippen molar-refractivity contribution >= 4 is 17.0 Å². The highest BCUT2D eigenvalue weighted by molar-refractivity contribution is 5.83. The molecular weight excluding hydrogens is 338 g/mol. The zero-order chi connectivity index (χ0) is 18.7. The molecule has 26 heavy (non-hydrogen) atoms. The van der Waals surface area contributed by atoms with E-state index in [4.69, 9.17) is 4.74 Å². The van der Waals surface area contributed by atoms with Gasteiger partial charge in [-0.25, -0.2) is 15.0 Å². The Kier molecular flexibility index (Phi) is 5.68. The number of aromatic nitrogens is 4. The van der Waals surface area contributed by atoms with E-state index >= 15 is 0 Å². The second-order valence-corrected chi connectivity index (χ2v) is 6.10. The summed E-state index contributed by atoms with van der Waals surface area (Å²) in [5.41, 5.74) is 0.934. The summed E-state index contributed by atoms with van der Waals surface area (Å²) >= 11 is 0. The number of aliphatic hydroxyl groups is 3. The molecule has 0 spiro atoms. The van der Waals surface area contributed by atoms with Crippen LogP contribution in [0.1, 0.15) is 38.2 Å². The van der Waals surface area contributed by atoms with Gasteiger partial charge >= 0.3 is 0 Å². The third-order valence-electron chi connectivity index (χ3n) is 4.31. The van der Waals surface area contributed by atoms with Crippen LogP contribution in [0.15, 0.2) is 6.33 Å². The number of unbranched alkanes of at least 4 members (excludes halogenated alkanes) is 2. The van der Waals surface area contributed by atoms with Crippen molar-refractivity contribution in [1.29, 1.82) is 0 Å². The molecule has 140 valence electrons. The van der Waals surface area contributed by atoms with Gasteiger partial charge in [-0.15, -0.1) is 0 Å². The van der Waals surface area contributed by atoms with Gasteiger partial charge in [-0.05, 0) is 12.3 Å². The number of nitrogens with zero attached hydrogens (tertiary/aromatic N) is 4. The number of imidazole rings is 1. The van der Waals surface area contributed by atoms with Crippen molar-refractivity contribution in [2.45, 2.75) is 50.7 Å². The Labute approximate surface area is 151 Å². The molecule has 3 rings (SSSR count). The largest absolute Gasteiger partial charge is 0.394 e. The lowest BCUT2D eigenvalue weighted by Gasteiger charge is -2.16. The number of hydrogen-bond acceptors (Lipinski definition) is 8. The van der Waals surface area contributed by atoms with E-state index < -0.39 is 31.1 Å². The molecule has 0 aromatic carbocycles. The number of aliphatic hydroxyl groups excluding tert-OH is 3. The first kappa shape index (κ1) is 18.5. The van der Waals surface area contributed by atoms with Gasteiger partial charge in [0.1, 0.15) is 18.3 Å². The average molecular weight is 361 g/mol. The van der Waals surface area contributed by atoms with Gasteiger partial charge in [0.05, 0.1) is 12.9 Å². The Bertz CT molecular complexity index is 828. The molecule has 0 aliphatic carbocycles. The molecule has 0 amide bonds. The summed E-state index contributed by atoms with van der Waals surface area (Å²) < 4.78 is 7.10. The minimum absolute atomic E-state index is 0.339. The van der Waals surface area contributed by atoms with Crippen LogP contribution in [-0.2, 0) is 4.74 Å². The zero-order valence-corrected chi connectivity index (χ0v) is 14.8. The first-order valence-electron chi connectivity index (χ1n) is 8.64. The van der Waals surface area contributed by atoms with Gasteiger partial charge in [0.2, 0.25) is 5.82 Å². The molecule has 3 heterocycles. The second-order valence-electron chi connectivity index (χ2n) is 6.10. The highest BCUT2D eigenvalue weighted by Gasteiger charge is 2.44. The molecule has 1 saturated heterocycles. The van der Waals surface area contributed by atoms with Crippen molar-refractivity contribution in [3.8, 4) is 11.8 Å². The maximum atomic E-state index is 10.3. The molecule has 0 unspecified atom stereocenters. The molecule has 9 nitrogen and oxygen atoms in total. The summed E-state index contributed by atoms with van der Waals surface area (Å²) in [6.07, 6.45) is 0.121. The summed E-state index contributed by atoms with van der Waals surface area (Å²) in [6.45, 7) is 1.70. The standard InChI is InChI=1S/C17H23N5O4/c1-3-4-5-6-7-11-20-15(18-2)12-16(21-11)22(9-19-12)17-14(25)13(24)10(8-23)26-17/h9-10,13-14,17,23-25H,3-5,8H2,1-2H3,(H,18,20,21)/t10-,13-,14-,17+/m1/s1. The van der Waals surface area contributed by atoms with Crippen LogP contribution < -0.4 is 5.32 Å². The van der Waals surface area contributed by atoms with Gasteiger partial charge in [-0.2, -0.15) is 0 Å². The quantitative estimate of drug-likeness (QED) is 0.434.